The van der Waals surface area contributed by atoms with E-state index >= 15 is 0 Å². The Morgan fingerprint density at radius 2 is 2.00 bits per heavy atom. The zero-order valence-electron chi connectivity index (χ0n) is 4.37. The second-order valence-corrected chi connectivity index (χ2v) is 1.46. The van der Waals surface area contributed by atoms with Crippen molar-refractivity contribution in [3.8, 4) is 0 Å². The van der Waals surface area contributed by atoms with Crippen molar-refractivity contribution < 1.29 is 18.3 Å². The van der Waals surface area contributed by atoms with Crippen LogP contribution in [0.5, 0.6) is 0 Å². The predicted molar refractivity (Wildman–Crippen MR) is 22.4 cm³/mol. The van der Waals surface area contributed by atoms with Crippen LogP contribution in [0.4, 0.5) is 13.2 Å². The quantitative estimate of drug-likeness (QED) is 0.594. The lowest BCUT2D eigenvalue weighted by atomic mass is 10.3. The summed E-state index contributed by atoms with van der Waals surface area (Å²) in [6.07, 6.45) is -6.96. The topological polar surface area (TPSA) is 20.2 Å². The first-order valence-electron chi connectivity index (χ1n) is 2.22. The minimum Gasteiger partial charge on any atom is -0.334 e. The molecule has 8 heavy (non-hydrogen) atoms. The molecule has 0 saturated carbocycles. The smallest absolute Gasteiger partial charge is 0.334 e. The van der Waals surface area contributed by atoms with Gasteiger partial charge in [-0.25, -0.2) is 4.39 Å². The van der Waals surface area contributed by atoms with E-state index in [1.54, 1.807) is 0 Å². The minimum atomic E-state index is -4.16. The summed E-state index contributed by atoms with van der Waals surface area (Å²) in [4.78, 5) is 0. The molecule has 0 aromatic carbocycles. The van der Waals surface area contributed by atoms with E-state index in [1.807, 2.05) is 0 Å². The zero-order chi connectivity index (χ0) is 6.78. The standard InChI is InChI=1S/C4H7F3O/c1-2-3(5)4(6,7)8/h3,8H,2H2,1H3. The molecule has 0 fully saturated rings. The molecule has 0 aliphatic heterocycles. The first-order chi connectivity index (χ1) is 3.48. The Kier molecular flexibility index (Phi) is 2.27. The zero-order valence-corrected chi connectivity index (χ0v) is 4.37. The summed E-state index contributed by atoms with van der Waals surface area (Å²) in [7, 11) is 0. The Morgan fingerprint density at radius 3 is 2.00 bits per heavy atom. The van der Waals surface area contributed by atoms with E-state index in [2.05, 4.69) is 0 Å². The van der Waals surface area contributed by atoms with Gasteiger partial charge in [0.25, 0.3) is 0 Å². The van der Waals surface area contributed by atoms with Crippen LogP contribution in [-0.2, 0) is 0 Å². The van der Waals surface area contributed by atoms with Crippen LogP contribution in [0.1, 0.15) is 13.3 Å². The highest BCUT2D eigenvalue weighted by Crippen LogP contribution is 2.19. The van der Waals surface area contributed by atoms with Gasteiger partial charge < -0.3 is 5.11 Å². The van der Waals surface area contributed by atoms with Crippen LogP contribution in [0.3, 0.4) is 0 Å². The maximum atomic E-state index is 11.6. The van der Waals surface area contributed by atoms with Crippen LogP contribution >= 0.6 is 0 Å². The van der Waals surface area contributed by atoms with Crippen molar-refractivity contribution in [1.82, 2.24) is 0 Å². The van der Waals surface area contributed by atoms with E-state index in [0.717, 1.165) is 0 Å². The van der Waals surface area contributed by atoms with Gasteiger partial charge in [0.2, 0.25) is 0 Å². The molecule has 0 aliphatic rings. The van der Waals surface area contributed by atoms with Gasteiger partial charge in [-0.05, 0) is 6.42 Å². The molecule has 0 spiro atoms. The van der Waals surface area contributed by atoms with Crippen molar-refractivity contribution in [2.75, 3.05) is 0 Å². The molecule has 0 amide bonds. The molecular formula is C4H7F3O. The highest BCUT2D eigenvalue weighted by atomic mass is 19.3. The molecule has 0 saturated heterocycles. The molecule has 0 radical (unpaired) electrons. The first kappa shape index (κ1) is 7.75. The Labute approximate surface area is 45.1 Å². The van der Waals surface area contributed by atoms with Crippen LogP contribution in [0.15, 0.2) is 0 Å². The van der Waals surface area contributed by atoms with E-state index in [9.17, 15) is 13.2 Å². The van der Waals surface area contributed by atoms with Crippen molar-refractivity contribution in [2.45, 2.75) is 25.6 Å². The number of hydrogen-bond acceptors (Lipinski definition) is 1. The molecule has 0 bridgehead atoms. The van der Waals surface area contributed by atoms with E-state index < -0.39 is 12.3 Å². The molecule has 1 N–H and O–H groups in total. The summed E-state index contributed by atoms with van der Waals surface area (Å²) in [6.45, 7) is 1.23. The van der Waals surface area contributed by atoms with Gasteiger partial charge in [-0.2, -0.15) is 8.78 Å². The largest absolute Gasteiger partial charge is 0.384 e. The number of aliphatic hydroxyl groups is 1. The number of hydrogen-bond donors (Lipinski definition) is 1. The second kappa shape index (κ2) is 2.35. The average molecular weight is 128 g/mol. The fourth-order valence-corrected chi connectivity index (χ4v) is 0.246. The van der Waals surface area contributed by atoms with Crippen molar-refractivity contribution >= 4 is 0 Å². The summed E-state index contributed by atoms with van der Waals surface area (Å²) in [5.41, 5.74) is 0. The van der Waals surface area contributed by atoms with E-state index in [1.165, 1.54) is 6.92 Å². The lowest BCUT2D eigenvalue weighted by molar-refractivity contribution is -0.240. The Morgan fingerprint density at radius 1 is 1.62 bits per heavy atom. The average Bonchev–Trinajstić information content (AvgIpc) is 1.62. The maximum Gasteiger partial charge on any atom is 0.384 e. The molecule has 50 valence electrons. The van der Waals surface area contributed by atoms with E-state index in [4.69, 9.17) is 5.11 Å². The van der Waals surface area contributed by atoms with Gasteiger partial charge in [-0.3, -0.25) is 0 Å². The molecule has 0 aliphatic carbocycles. The highest BCUT2D eigenvalue weighted by molar-refractivity contribution is 4.60. The minimum absolute atomic E-state index is 0.372. The van der Waals surface area contributed by atoms with Crippen LogP contribution in [0.25, 0.3) is 0 Å². The number of halogens is 3. The Hall–Kier alpha value is -0.250. The van der Waals surface area contributed by atoms with Gasteiger partial charge in [-0.15, -0.1) is 0 Å². The van der Waals surface area contributed by atoms with E-state index in [0.29, 0.717) is 0 Å². The molecule has 4 heteroatoms. The molecule has 1 unspecified atom stereocenters. The van der Waals surface area contributed by atoms with Crippen LogP contribution in [0.2, 0.25) is 0 Å². The van der Waals surface area contributed by atoms with Crippen LogP contribution in [0, 0.1) is 0 Å². The monoisotopic (exact) mass is 128 g/mol. The molecule has 0 heterocycles. The third kappa shape index (κ3) is 2.16. The van der Waals surface area contributed by atoms with Crippen LogP contribution < -0.4 is 0 Å². The number of rotatable bonds is 2. The van der Waals surface area contributed by atoms with Gasteiger partial charge in [0.05, 0.1) is 0 Å². The SMILES string of the molecule is CCC(F)C(O)(F)F. The van der Waals surface area contributed by atoms with Crippen LogP contribution in [-0.4, -0.2) is 17.4 Å². The van der Waals surface area contributed by atoms with Crippen molar-refractivity contribution in [3.63, 3.8) is 0 Å². The number of alkyl halides is 3. The Balaban J connectivity index is 3.62. The normalized spacial score (nSPS) is 16.1. The second-order valence-electron chi connectivity index (χ2n) is 1.46. The molecule has 0 rings (SSSR count). The third-order valence-corrected chi connectivity index (χ3v) is 0.735. The first-order valence-corrected chi connectivity index (χ1v) is 2.22. The summed E-state index contributed by atoms with van der Waals surface area (Å²) in [6, 6.07) is 0. The predicted octanol–water partition coefficient (Wildman–Crippen LogP) is 1.32. The fourth-order valence-electron chi connectivity index (χ4n) is 0.246. The lowest BCUT2D eigenvalue weighted by Gasteiger charge is -2.10. The van der Waals surface area contributed by atoms with Gasteiger partial charge in [0.1, 0.15) is 0 Å². The lowest BCUT2D eigenvalue weighted by Crippen LogP contribution is -2.28. The van der Waals surface area contributed by atoms with Gasteiger partial charge in [0, 0.05) is 0 Å². The molecule has 1 nitrogen and oxygen atoms in total. The molecule has 0 aromatic heterocycles. The molecular weight excluding hydrogens is 121 g/mol. The summed E-state index contributed by atoms with van der Waals surface area (Å²) in [5.74, 6) is 0. The summed E-state index contributed by atoms with van der Waals surface area (Å²) < 4.78 is 34.2. The summed E-state index contributed by atoms with van der Waals surface area (Å²) >= 11 is 0. The van der Waals surface area contributed by atoms with Gasteiger partial charge >= 0.3 is 6.11 Å². The molecule has 0 aromatic rings. The Bertz CT molecular complexity index is 68.2. The highest BCUT2D eigenvalue weighted by Gasteiger charge is 2.35. The van der Waals surface area contributed by atoms with Gasteiger partial charge in [0.15, 0.2) is 6.17 Å². The van der Waals surface area contributed by atoms with E-state index in [-0.39, 0.29) is 6.42 Å². The fraction of sp³-hybridized carbons (Fsp3) is 1.00. The van der Waals surface area contributed by atoms with Gasteiger partial charge in [-0.1, -0.05) is 6.92 Å². The van der Waals surface area contributed by atoms with Crippen molar-refractivity contribution in [2.24, 2.45) is 0 Å². The summed E-state index contributed by atoms with van der Waals surface area (Å²) in [5, 5.41) is 7.58. The van der Waals surface area contributed by atoms with Crippen molar-refractivity contribution in [3.05, 3.63) is 0 Å². The van der Waals surface area contributed by atoms with Crippen molar-refractivity contribution in [1.29, 1.82) is 0 Å². The molecule has 1 atom stereocenters. The maximum absolute atomic E-state index is 11.6. The third-order valence-electron chi connectivity index (χ3n) is 0.735.